The molecule has 1 N–H and O–H groups in total. The summed E-state index contributed by atoms with van der Waals surface area (Å²) in [6.07, 6.45) is 8.63. The Morgan fingerprint density at radius 1 is 1.16 bits per heavy atom. The molecule has 3 aromatic rings. The summed E-state index contributed by atoms with van der Waals surface area (Å²) in [5.41, 5.74) is 2.69. The lowest BCUT2D eigenvalue weighted by Gasteiger charge is -2.43. The van der Waals surface area contributed by atoms with Crippen LogP contribution in [0, 0.1) is 5.41 Å². The molecule has 31 heavy (non-hydrogen) atoms. The van der Waals surface area contributed by atoms with E-state index < -0.39 is 5.41 Å². The molecule has 0 radical (unpaired) electrons. The van der Waals surface area contributed by atoms with Crippen LogP contribution in [0.5, 0.6) is 0 Å². The number of H-pyrrole nitrogens is 1. The predicted molar refractivity (Wildman–Crippen MR) is 116 cm³/mol. The molecule has 1 aliphatic heterocycles. The molecule has 0 aliphatic carbocycles. The summed E-state index contributed by atoms with van der Waals surface area (Å²) in [5, 5.41) is 6.63. The van der Waals surface area contributed by atoms with E-state index in [4.69, 9.17) is 0 Å². The Labute approximate surface area is 181 Å². The van der Waals surface area contributed by atoms with Crippen molar-refractivity contribution in [2.75, 3.05) is 27.2 Å². The zero-order valence-corrected chi connectivity index (χ0v) is 17.8. The zero-order chi connectivity index (χ0) is 21.8. The zero-order valence-electron chi connectivity index (χ0n) is 17.8. The summed E-state index contributed by atoms with van der Waals surface area (Å²) < 4.78 is 0. The van der Waals surface area contributed by atoms with E-state index in [1.165, 1.54) is 6.33 Å². The maximum absolute atomic E-state index is 13.5. The Hall–Kier alpha value is -3.55. The quantitative estimate of drug-likeness (QED) is 0.687. The van der Waals surface area contributed by atoms with Crippen molar-refractivity contribution in [2.24, 2.45) is 5.41 Å². The third kappa shape index (κ3) is 4.19. The fourth-order valence-corrected chi connectivity index (χ4v) is 4.48. The number of carbonyl (C=O) groups excluding carboxylic acids is 2. The maximum atomic E-state index is 13.5. The molecular formula is C23H26N6O2. The van der Waals surface area contributed by atoms with Gasteiger partial charge in [0, 0.05) is 51.3 Å². The number of benzene rings is 1. The van der Waals surface area contributed by atoms with Gasteiger partial charge in [-0.15, -0.1) is 0 Å². The summed E-state index contributed by atoms with van der Waals surface area (Å²) in [5.74, 6) is -0.0911. The minimum atomic E-state index is -0.705. The van der Waals surface area contributed by atoms with Crippen LogP contribution in [0.4, 0.5) is 0 Å². The molecular weight excluding hydrogens is 392 g/mol. The second-order valence-corrected chi connectivity index (χ2v) is 8.24. The first-order valence-electron chi connectivity index (χ1n) is 10.3. The summed E-state index contributed by atoms with van der Waals surface area (Å²) in [7, 11) is 3.55. The Morgan fingerprint density at radius 2 is 1.94 bits per heavy atom. The van der Waals surface area contributed by atoms with Crippen molar-refractivity contribution < 1.29 is 9.59 Å². The lowest BCUT2D eigenvalue weighted by atomic mass is 9.73. The number of likely N-dealkylation sites (tertiary alicyclic amines) is 1. The van der Waals surface area contributed by atoms with E-state index in [2.05, 4.69) is 20.2 Å². The molecule has 1 atom stereocenters. The van der Waals surface area contributed by atoms with Gasteiger partial charge in [0.1, 0.15) is 12.0 Å². The summed E-state index contributed by atoms with van der Waals surface area (Å²) in [6.45, 7) is 0.982. The van der Waals surface area contributed by atoms with Crippen molar-refractivity contribution in [3.05, 3.63) is 66.5 Å². The fraction of sp³-hybridized carbons (Fsp3) is 0.348. The molecule has 1 aromatic carbocycles. The van der Waals surface area contributed by atoms with Crippen molar-refractivity contribution in [1.29, 1.82) is 0 Å². The largest absolute Gasteiger partial charge is 0.348 e. The predicted octanol–water partition coefficient (Wildman–Crippen LogP) is 2.42. The summed E-state index contributed by atoms with van der Waals surface area (Å²) in [6, 6.07) is 9.69. The number of carbonyl (C=O) groups is 2. The molecule has 0 spiro atoms. The number of nitrogens with one attached hydrogen (secondary N) is 1. The van der Waals surface area contributed by atoms with Gasteiger partial charge in [0.25, 0.3) is 5.91 Å². The van der Waals surface area contributed by atoms with E-state index in [1.54, 1.807) is 48.6 Å². The number of aromatic nitrogens is 4. The number of rotatable bonds is 5. The van der Waals surface area contributed by atoms with E-state index in [9.17, 15) is 9.59 Å². The third-order valence-electron chi connectivity index (χ3n) is 5.87. The minimum absolute atomic E-state index is 0.0359. The monoisotopic (exact) mass is 418 g/mol. The summed E-state index contributed by atoms with van der Waals surface area (Å²) in [4.78, 5) is 38.2. The lowest BCUT2D eigenvalue weighted by molar-refractivity contribution is -0.142. The van der Waals surface area contributed by atoms with E-state index in [0.717, 1.165) is 29.5 Å². The second-order valence-electron chi connectivity index (χ2n) is 8.24. The Morgan fingerprint density at radius 3 is 2.65 bits per heavy atom. The van der Waals surface area contributed by atoms with E-state index >= 15 is 0 Å². The van der Waals surface area contributed by atoms with Gasteiger partial charge in [0.2, 0.25) is 5.91 Å². The third-order valence-corrected chi connectivity index (χ3v) is 5.87. The first kappa shape index (κ1) is 20.7. The Bertz CT molecular complexity index is 1050. The average Bonchev–Trinajstić information content (AvgIpc) is 3.34. The molecule has 8 nitrogen and oxygen atoms in total. The van der Waals surface area contributed by atoms with Crippen LogP contribution in [0.1, 0.15) is 28.9 Å². The van der Waals surface area contributed by atoms with Gasteiger partial charge in [-0.05, 0) is 36.5 Å². The number of nitrogens with zero attached hydrogens (tertiary/aromatic N) is 5. The number of hydrogen-bond donors (Lipinski definition) is 1. The van der Waals surface area contributed by atoms with Crippen LogP contribution in [0.3, 0.4) is 0 Å². The molecule has 2 aromatic heterocycles. The van der Waals surface area contributed by atoms with Crippen LogP contribution in [-0.2, 0) is 11.2 Å². The highest BCUT2D eigenvalue weighted by atomic mass is 16.2. The van der Waals surface area contributed by atoms with Crippen LogP contribution in [0.25, 0.3) is 11.1 Å². The van der Waals surface area contributed by atoms with Gasteiger partial charge in [0.05, 0.1) is 5.41 Å². The molecule has 0 unspecified atom stereocenters. The van der Waals surface area contributed by atoms with Gasteiger partial charge in [-0.1, -0.05) is 24.3 Å². The van der Waals surface area contributed by atoms with Crippen LogP contribution in [0.15, 0.2) is 55.2 Å². The average molecular weight is 419 g/mol. The van der Waals surface area contributed by atoms with Crippen LogP contribution in [-0.4, -0.2) is 69.0 Å². The molecule has 1 fully saturated rings. The molecule has 1 saturated heterocycles. The van der Waals surface area contributed by atoms with Crippen molar-refractivity contribution in [3.8, 4) is 11.1 Å². The van der Waals surface area contributed by atoms with E-state index in [-0.39, 0.29) is 11.8 Å². The van der Waals surface area contributed by atoms with Crippen molar-refractivity contribution in [2.45, 2.75) is 19.3 Å². The highest BCUT2D eigenvalue weighted by Crippen LogP contribution is 2.38. The molecule has 3 heterocycles. The first-order valence-corrected chi connectivity index (χ1v) is 10.3. The number of aromatic amines is 1. The van der Waals surface area contributed by atoms with Gasteiger partial charge in [-0.3, -0.25) is 14.7 Å². The maximum Gasteiger partial charge on any atom is 0.271 e. The Balaban J connectivity index is 1.70. The van der Waals surface area contributed by atoms with E-state index in [0.29, 0.717) is 25.2 Å². The van der Waals surface area contributed by atoms with Gasteiger partial charge >= 0.3 is 0 Å². The summed E-state index contributed by atoms with van der Waals surface area (Å²) >= 11 is 0. The molecule has 2 amide bonds. The highest BCUT2D eigenvalue weighted by Gasteiger charge is 2.45. The molecule has 160 valence electrons. The van der Waals surface area contributed by atoms with E-state index in [1.807, 2.05) is 24.3 Å². The molecule has 1 aliphatic rings. The number of amides is 2. The lowest BCUT2D eigenvalue weighted by Crippen LogP contribution is -2.54. The first-order chi connectivity index (χ1) is 15.0. The van der Waals surface area contributed by atoms with Gasteiger partial charge in [-0.2, -0.15) is 5.10 Å². The SMILES string of the molecule is CN(C)C(=O)[C@]1(Cc2ccccc2-c2cncnc2)CCCN(C(=O)c2ccn[nH]2)C1. The van der Waals surface area contributed by atoms with Crippen molar-refractivity contribution >= 4 is 11.8 Å². The van der Waals surface area contributed by atoms with Crippen molar-refractivity contribution in [3.63, 3.8) is 0 Å². The second kappa shape index (κ2) is 8.67. The minimum Gasteiger partial charge on any atom is -0.348 e. The van der Waals surface area contributed by atoms with Crippen molar-refractivity contribution in [1.82, 2.24) is 30.0 Å². The highest BCUT2D eigenvalue weighted by molar-refractivity contribution is 5.93. The van der Waals surface area contributed by atoms with Gasteiger partial charge in [0.15, 0.2) is 0 Å². The fourth-order valence-electron chi connectivity index (χ4n) is 4.48. The standard InChI is InChI=1S/C23H26N6O2/c1-28(2)22(31)23(9-5-11-29(15-23)21(30)20-8-10-26-27-20)12-17-6-3-4-7-19(17)18-13-24-16-25-14-18/h3-4,6-8,10,13-14,16H,5,9,11-12,15H2,1-2H3,(H,26,27)/t23-/m0/s1. The smallest absolute Gasteiger partial charge is 0.271 e. The normalized spacial score (nSPS) is 18.6. The van der Waals surface area contributed by atoms with Crippen LogP contribution >= 0.6 is 0 Å². The molecule has 0 bridgehead atoms. The van der Waals surface area contributed by atoms with Crippen LogP contribution in [0.2, 0.25) is 0 Å². The Kier molecular flexibility index (Phi) is 5.79. The van der Waals surface area contributed by atoms with Crippen LogP contribution < -0.4 is 0 Å². The molecule has 8 heteroatoms. The van der Waals surface area contributed by atoms with Gasteiger partial charge < -0.3 is 9.80 Å². The van der Waals surface area contributed by atoms with Gasteiger partial charge in [-0.25, -0.2) is 9.97 Å². The molecule has 4 rings (SSSR count). The molecule has 0 saturated carbocycles. The topological polar surface area (TPSA) is 95.1 Å². The number of hydrogen-bond acceptors (Lipinski definition) is 5. The number of piperidine rings is 1.